The van der Waals surface area contributed by atoms with Crippen molar-refractivity contribution < 1.29 is 57.6 Å². The number of nitrogens with zero attached hydrogens (tertiary/aromatic N) is 3. The maximum absolute atomic E-state index is 12.6. The zero-order chi connectivity index (χ0) is 46.9. The Labute approximate surface area is 407 Å². The van der Waals surface area contributed by atoms with Gasteiger partial charge in [0.2, 0.25) is 0 Å². The van der Waals surface area contributed by atoms with E-state index in [1.54, 1.807) is 64.8 Å². The summed E-state index contributed by atoms with van der Waals surface area (Å²) < 4.78 is 51.0. The third-order valence-corrected chi connectivity index (χ3v) is 10.1. The van der Waals surface area contributed by atoms with Crippen molar-refractivity contribution in [1.82, 2.24) is 20.0 Å². The number of aromatic nitrogens is 4. The van der Waals surface area contributed by atoms with E-state index in [2.05, 4.69) is 15.3 Å². The minimum atomic E-state index is -0.637. The Morgan fingerprint density at radius 2 is 1.13 bits per heavy atom. The number of rotatable bonds is 22. The van der Waals surface area contributed by atoms with Crippen LogP contribution in [-0.4, -0.2) is 109 Å². The second-order valence-electron chi connectivity index (χ2n) is 16.3. The molecule has 2 heterocycles. The number of aliphatic hydroxyl groups is 2. The Hall–Kier alpha value is -5.69. The van der Waals surface area contributed by atoms with Crippen molar-refractivity contribution in [2.75, 3.05) is 54.9 Å². The fraction of sp³-hybridized carbons (Fsp3) is 0.449. The third kappa shape index (κ3) is 16.3. The third-order valence-electron chi connectivity index (χ3n) is 10.1. The molecule has 0 radical (unpaired) electrons. The Balaban J connectivity index is 0.000000352. The molecule has 18 heteroatoms. The van der Waals surface area contributed by atoms with Gasteiger partial charge < -0.3 is 52.8 Å². The van der Waals surface area contributed by atoms with Gasteiger partial charge in [-0.1, -0.05) is 12.1 Å². The van der Waals surface area contributed by atoms with Crippen LogP contribution >= 0.6 is 27.0 Å². The average Bonchev–Trinajstić information content (AvgIpc) is 3.86. The Kier molecular flexibility index (Phi) is 22.6. The zero-order valence-corrected chi connectivity index (χ0v) is 42.0. The number of H-pyrrole nitrogens is 1. The van der Waals surface area contributed by atoms with Gasteiger partial charge in [0.1, 0.15) is 41.8 Å². The number of ether oxygens (including phenoxy) is 9. The number of aliphatic hydroxyl groups excluding tert-OH is 2. The molecular formula is C49H68N4O12S2. The second kappa shape index (κ2) is 27.2. The van der Waals surface area contributed by atoms with E-state index >= 15 is 0 Å². The number of benzene rings is 4. The first kappa shape index (κ1) is 55.6. The van der Waals surface area contributed by atoms with E-state index in [0.29, 0.717) is 71.8 Å². The van der Waals surface area contributed by atoms with E-state index in [0.717, 1.165) is 59.2 Å². The quantitative estimate of drug-likeness (QED) is 0.0547. The van der Waals surface area contributed by atoms with Crippen molar-refractivity contribution in [1.29, 1.82) is 0 Å². The Morgan fingerprint density at radius 1 is 0.642 bits per heavy atom. The summed E-state index contributed by atoms with van der Waals surface area (Å²) in [5, 5.41) is 33.9. The summed E-state index contributed by atoms with van der Waals surface area (Å²) in [4.78, 5) is 12.6. The van der Waals surface area contributed by atoms with Crippen molar-refractivity contribution in [2.45, 2.75) is 91.0 Å². The lowest BCUT2D eigenvalue weighted by Crippen LogP contribution is -2.27. The number of carbonyl (C=O) groups is 1. The van der Waals surface area contributed by atoms with E-state index in [-0.39, 0.29) is 40.2 Å². The molecule has 2 aromatic heterocycles. The van der Waals surface area contributed by atoms with Crippen molar-refractivity contribution in [3.63, 3.8) is 0 Å². The van der Waals surface area contributed by atoms with Crippen LogP contribution in [-0.2, 0) is 4.74 Å². The molecule has 0 aliphatic heterocycles. The summed E-state index contributed by atoms with van der Waals surface area (Å²) in [6, 6.07) is 22.0. The number of aryl methyl sites for hydroxylation is 2. The lowest BCUT2D eigenvalue weighted by molar-refractivity contribution is 0.0522. The van der Waals surface area contributed by atoms with Crippen LogP contribution in [0, 0.1) is 13.8 Å². The minimum Gasteiger partial charge on any atom is -0.493 e. The van der Waals surface area contributed by atoms with Crippen molar-refractivity contribution >= 4 is 54.9 Å². The molecule has 0 spiro atoms. The molecule has 0 amide bonds. The van der Waals surface area contributed by atoms with Gasteiger partial charge in [-0.2, -0.15) is 41.9 Å². The van der Waals surface area contributed by atoms with Crippen LogP contribution in [0.3, 0.4) is 0 Å². The molecule has 3 N–H and O–H groups in total. The maximum atomic E-state index is 12.6. The molecule has 368 valence electrons. The number of carbonyl (C=O) groups excluding carboxylic acids is 1. The highest BCUT2D eigenvalue weighted by Gasteiger charge is 2.23. The van der Waals surface area contributed by atoms with Gasteiger partial charge in [-0.05, 0) is 122 Å². The number of hydrogen-bond donors (Lipinski definition) is 3. The fourth-order valence-corrected chi connectivity index (χ4v) is 6.88. The number of methoxy groups -OCH3 is 4. The number of unbranched alkanes of at least 4 members (excludes halogenated alkanes) is 2. The molecule has 0 aliphatic rings. The highest BCUT2D eigenvalue weighted by molar-refractivity contribution is 7.59. The second-order valence-corrected chi connectivity index (χ2v) is 16.3. The molecule has 6 rings (SSSR count). The molecule has 0 saturated carbocycles. The van der Waals surface area contributed by atoms with Gasteiger partial charge in [-0.25, -0.2) is 4.79 Å². The number of fused-ring (bicyclic) bond motifs is 2. The first-order valence-electron chi connectivity index (χ1n) is 21.7. The van der Waals surface area contributed by atoms with Gasteiger partial charge >= 0.3 is 6.09 Å². The molecule has 0 bridgehead atoms. The van der Waals surface area contributed by atoms with Crippen LogP contribution in [0.25, 0.3) is 21.8 Å². The number of hydrogen-bond acceptors (Lipinski definition) is 14. The van der Waals surface area contributed by atoms with E-state index in [1.807, 2.05) is 71.0 Å². The van der Waals surface area contributed by atoms with Crippen LogP contribution < -0.4 is 37.9 Å². The van der Waals surface area contributed by atoms with Crippen molar-refractivity contribution in [3.05, 3.63) is 84.2 Å². The van der Waals surface area contributed by atoms with Gasteiger partial charge in [0.05, 0.1) is 81.4 Å². The molecule has 0 unspecified atom stereocenters. The minimum absolute atomic E-state index is 0. The van der Waals surface area contributed by atoms with Crippen LogP contribution in [0.1, 0.15) is 70.7 Å². The summed E-state index contributed by atoms with van der Waals surface area (Å²) in [6.45, 7) is 10.7. The normalized spacial score (nSPS) is 11.8. The molecule has 6 aromatic rings. The maximum Gasteiger partial charge on any atom is 0.435 e. The summed E-state index contributed by atoms with van der Waals surface area (Å²) in [6.07, 6.45) is 2.74. The molecule has 0 fully saturated rings. The van der Waals surface area contributed by atoms with E-state index in [9.17, 15) is 15.0 Å². The molecule has 4 aromatic carbocycles. The predicted octanol–water partition coefficient (Wildman–Crippen LogP) is 9.24. The largest absolute Gasteiger partial charge is 0.493 e. The summed E-state index contributed by atoms with van der Waals surface area (Å²) >= 11 is 0. The summed E-state index contributed by atoms with van der Waals surface area (Å²) in [5.74, 6) is 5.31. The summed E-state index contributed by atoms with van der Waals surface area (Å²) in [7, 11) is 6.37. The first-order valence-corrected chi connectivity index (χ1v) is 21.7. The molecule has 0 aliphatic carbocycles. The highest BCUT2D eigenvalue weighted by Crippen LogP contribution is 2.33. The molecule has 16 nitrogen and oxygen atoms in total. The average molecular weight is 969 g/mol. The monoisotopic (exact) mass is 968 g/mol. The van der Waals surface area contributed by atoms with Crippen molar-refractivity contribution in [2.24, 2.45) is 0 Å². The van der Waals surface area contributed by atoms with Crippen molar-refractivity contribution in [3.8, 4) is 46.0 Å². The molecule has 67 heavy (non-hydrogen) atoms. The van der Waals surface area contributed by atoms with Gasteiger partial charge in [-0.15, -0.1) is 0 Å². The molecule has 0 saturated heterocycles. The smallest absolute Gasteiger partial charge is 0.435 e. The lowest BCUT2D eigenvalue weighted by Gasteiger charge is -2.19. The zero-order valence-electron chi connectivity index (χ0n) is 40.0. The predicted molar refractivity (Wildman–Crippen MR) is 268 cm³/mol. The lowest BCUT2D eigenvalue weighted by atomic mass is 10.1. The van der Waals surface area contributed by atoms with Crippen LogP contribution in [0.4, 0.5) is 4.79 Å². The van der Waals surface area contributed by atoms with Gasteiger partial charge in [0.15, 0.2) is 23.0 Å². The summed E-state index contributed by atoms with van der Waals surface area (Å²) in [5.41, 5.74) is 2.43. The van der Waals surface area contributed by atoms with E-state index in [4.69, 9.17) is 42.6 Å². The van der Waals surface area contributed by atoms with Crippen LogP contribution in [0.5, 0.6) is 46.0 Å². The Bertz CT molecular complexity index is 2440. The van der Waals surface area contributed by atoms with E-state index < -0.39 is 23.9 Å². The molecule has 2 atom stereocenters. The standard InChI is InChI=1S/C27H36N2O7.C22H28N2O5.2H2S/c1-18-25-21(29(28-18)26(31)36-27(2,3)4)11-9-12-23(25)35-17-19(30)10-7-8-15-34-20-13-14-22(32-5)24(16-20)33-6;1-15-22-18(24-23-15)8-6-9-20(22)29-14-16(25)7-4-5-12-28-17-10-11-19(26-2)21(13-17)27-3;;/h9,11-14,16,19,30H,7-8,10,15,17H2,1-6H3;6,8-11,13,16,25H,4-5,7,12,14H2,1-3H3,(H,23,24);2*1H2/t19-;16-;;/m00../s1. The first-order chi connectivity index (χ1) is 31.2. The van der Waals surface area contributed by atoms with E-state index in [1.165, 1.54) is 4.68 Å². The SMILES string of the molecule is COc1ccc(OCCCC[C@H](O)COc2cccc3c2c(C)nn3C(=O)OC(C)(C)C)cc1OC.COc1ccc(OCCCC[C@H](O)COc2cccc3n[nH]c(C)c23)cc1OC.S.S. The van der Waals surface area contributed by atoms with Crippen LogP contribution in [0.15, 0.2) is 72.8 Å². The highest BCUT2D eigenvalue weighted by atomic mass is 32.1. The van der Waals surface area contributed by atoms with Gasteiger partial charge in [0, 0.05) is 17.8 Å². The topological polar surface area (TPSA) is 187 Å². The Morgan fingerprint density at radius 3 is 1.63 bits per heavy atom. The fourth-order valence-electron chi connectivity index (χ4n) is 6.88. The van der Waals surface area contributed by atoms with Crippen LogP contribution in [0.2, 0.25) is 0 Å². The van der Waals surface area contributed by atoms with Gasteiger partial charge in [0.25, 0.3) is 0 Å². The molecular weight excluding hydrogens is 901 g/mol. The number of aromatic amines is 1. The van der Waals surface area contributed by atoms with Gasteiger partial charge in [-0.3, -0.25) is 5.10 Å². The number of nitrogens with one attached hydrogen (secondary N) is 1.